The van der Waals surface area contributed by atoms with Gasteiger partial charge in [0.25, 0.3) is 0 Å². The van der Waals surface area contributed by atoms with Crippen LogP contribution in [0.5, 0.6) is 0 Å². The van der Waals surface area contributed by atoms with Gasteiger partial charge in [-0.15, -0.1) is 5.10 Å². The number of rotatable bonds is 2. The van der Waals surface area contributed by atoms with E-state index in [2.05, 4.69) is 15.5 Å². The summed E-state index contributed by atoms with van der Waals surface area (Å²) in [4.78, 5) is 14.2. The third-order valence-corrected chi connectivity index (χ3v) is 5.26. The van der Waals surface area contributed by atoms with Gasteiger partial charge in [-0.2, -0.15) is 5.10 Å². The molecule has 0 saturated carbocycles. The lowest BCUT2D eigenvalue weighted by molar-refractivity contribution is 0.211. The number of carbonyl (C=O) groups is 1. The van der Waals surface area contributed by atoms with Gasteiger partial charge in [-0.3, -0.25) is 10.00 Å². The molecule has 2 aromatic heterocycles. The van der Waals surface area contributed by atoms with Gasteiger partial charge in [0.15, 0.2) is 5.82 Å². The molecule has 0 spiro atoms. The van der Waals surface area contributed by atoms with E-state index in [-0.39, 0.29) is 6.03 Å². The second-order valence-corrected chi connectivity index (χ2v) is 7.22. The summed E-state index contributed by atoms with van der Waals surface area (Å²) < 4.78 is 3.32. The van der Waals surface area contributed by atoms with Gasteiger partial charge in [-0.05, 0) is 25.1 Å². The quantitative estimate of drug-likeness (QED) is 0.683. The third-order valence-electron chi connectivity index (χ3n) is 4.52. The molecule has 8 nitrogen and oxygen atoms in total. The first-order valence-electron chi connectivity index (χ1n) is 8.21. The zero-order chi connectivity index (χ0) is 19.3. The number of anilines is 2. The Hall–Kier alpha value is -2.71. The molecule has 140 valence electrons. The molecule has 3 N–H and O–H groups in total. The second kappa shape index (κ2) is 6.47. The molecule has 10 heteroatoms. The van der Waals surface area contributed by atoms with E-state index in [9.17, 15) is 4.79 Å². The van der Waals surface area contributed by atoms with Crippen LogP contribution in [0.3, 0.4) is 0 Å². The average Bonchev–Trinajstić information content (AvgIpc) is 3.26. The summed E-state index contributed by atoms with van der Waals surface area (Å²) in [6.07, 6.45) is 0. The number of hydrogen-bond donors (Lipinski definition) is 2. The molecule has 1 aliphatic heterocycles. The molecule has 4 rings (SSSR count). The number of nitrogen functional groups attached to an aromatic ring is 1. The maximum atomic E-state index is 12.6. The van der Waals surface area contributed by atoms with Crippen molar-refractivity contribution in [1.29, 1.82) is 0 Å². The molecule has 0 aliphatic carbocycles. The molecule has 1 aliphatic rings. The summed E-state index contributed by atoms with van der Waals surface area (Å²) >= 11 is 12.0. The highest BCUT2D eigenvalue weighted by atomic mass is 35.5. The van der Waals surface area contributed by atoms with Crippen LogP contribution in [0.25, 0.3) is 5.69 Å². The first-order chi connectivity index (χ1) is 12.8. The summed E-state index contributed by atoms with van der Waals surface area (Å²) in [7, 11) is 1.79. The lowest BCUT2D eigenvalue weighted by atomic mass is 10.3. The predicted molar refractivity (Wildman–Crippen MR) is 104 cm³/mol. The van der Waals surface area contributed by atoms with Gasteiger partial charge in [0.2, 0.25) is 0 Å². The largest absolute Gasteiger partial charge is 0.384 e. The minimum Gasteiger partial charge on any atom is -0.384 e. The van der Waals surface area contributed by atoms with Crippen molar-refractivity contribution >= 4 is 40.9 Å². The van der Waals surface area contributed by atoms with Crippen molar-refractivity contribution in [3.05, 3.63) is 51.3 Å². The summed E-state index contributed by atoms with van der Waals surface area (Å²) in [6, 6.07) is 6.77. The predicted octanol–water partition coefficient (Wildman–Crippen LogP) is 3.35. The van der Waals surface area contributed by atoms with Crippen molar-refractivity contribution in [1.82, 2.24) is 24.5 Å². The molecule has 0 bridgehead atoms. The van der Waals surface area contributed by atoms with Crippen LogP contribution in [0.4, 0.5) is 16.4 Å². The highest BCUT2D eigenvalue weighted by Crippen LogP contribution is 2.28. The lowest BCUT2D eigenvalue weighted by Gasteiger charge is -2.15. The molecule has 0 saturated heterocycles. The van der Waals surface area contributed by atoms with Gasteiger partial charge in [-0.1, -0.05) is 23.2 Å². The Balaban J connectivity index is 1.50. The van der Waals surface area contributed by atoms with Gasteiger partial charge < -0.3 is 10.6 Å². The van der Waals surface area contributed by atoms with Crippen molar-refractivity contribution in [2.75, 3.05) is 11.1 Å². The number of halogens is 2. The number of hydrogen-bond acceptors (Lipinski definition) is 4. The maximum absolute atomic E-state index is 12.6. The molecule has 0 unspecified atom stereocenters. The Bertz CT molecular complexity index is 1060. The monoisotopic (exact) mass is 405 g/mol. The zero-order valence-corrected chi connectivity index (χ0v) is 16.2. The van der Waals surface area contributed by atoms with E-state index >= 15 is 0 Å². The van der Waals surface area contributed by atoms with Crippen LogP contribution >= 0.6 is 23.2 Å². The van der Waals surface area contributed by atoms with Crippen molar-refractivity contribution in [2.24, 2.45) is 7.05 Å². The molecular formula is C17H17Cl2N7O. The number of nitrogens with two attached hydrogens (primary N) is 1. The van der Waals surface area contributed by atoms with Crippen LogP contribution in [0, 0.1) is 6.92 Å². The van der Waals surface area contributed by atoms with E-state index in [4.69, 9.17) is 28.9 Å². The fourth-order valence-electron chi connectivity index (χ4n) is 3.11. The van der Waals surface area contributed by atoms with Crippen molar-refractivity contribution in [3.8, 4) is 5.69 Å². The van der Waals surface area contributed by atoms with Gasteiger partial charge in [-0.25, -0.2) is 9.48 Å². The van der Waals surface area contributed by atoms with E-state index in [0.29, 0.717) is 34.8 Å². The fourth-order valence-corrected chi connectivity index (χ4v) is 3.40. The Labute approximate surface area is 165 Å². The summed E-state index contributed by atoms with van der Waals surface area (Å²) in [5, 5.41) is 12.5. The summed E-state index contributed by atoms with van der Waals surface area (Å²) in [5.41, 5.74) is 9.31. The summed E-state index contributed by atoms with van der Waals surface area (Å²) in [5.74, 6) is 1.03. The van der Waals surface area contributed by atoms with Gasteiger partial charge in [0.1, 0.15) is 5.82 Å². The Morgan fingerprint density at radius 2 is 1.96 bits per heavy atom. The number of aryl methyl sites for hydroxylation is 2. The summed E-state index contributed by atoms with van der Waals surface area (Å²) in [6.45, 7) is 2.73. The van der Waals surface area contributed by atoms with E-state index < -0.39 is 0 Å². The fraction of sp³-hybridized carbons (Fsp3) is 0.235. The van der Waals surface area contributed by atoms with Crippen LogP contribution in [0.15, 0.2) is 24.3 Å². The van der Waals surface area contributed by atoms with Crippen LogP contribution < -0.4 is 11.1 Å². The maximum Gasteiger partial charge on any atom is 0.323 e. The van der Waals surface area contributed by atoms with E-state index in [1.807, 2.05) is 13.0 Å². The minimum atomic E-state index is -0.256. The number of fused-ring (bicyclic) bond motifs is 1. The third kappa shape index (κ3) is 3.11. The molecule has 27 heavy (non-hydrogen) atoms. The first kappa shape index (κ1) is 17.7. The molecule has 0 atom stereocenters. The number of benzene rings is 1. The molecule has 3 aromatic rings. The molecule has 0 fully saturated rings. The first-order valence-corrected chi connectivity index (χ1v) is 8.97. The molecule has 1 aromatic carbocycles. The Morgan fingerprint density at radius 3 is 2.67 bits per heavy atom. The zero-order valence-electron chi connectivity index (χ0n) is 14.7. The number of nitrogens with zero attached hydrogens (tertiary/aromatic N) is 5. The van der Waals surface area contributed by atoms with Gasteiger partial charge >= 0.3 is 6.03 Å². The molecule has 0 radical (unpaired) electrons. The smallest absolute Gasteiger partial charge is 0.323 e. The SMILES string of the molecule is Cc1cc(NC(=O)N2Cc3nn(C)c(N)c3C2)nn1-c1ccc(Cl)c(Cl)c1. The van der Waals surface area contributed by atoms with Gasteiger partial charge in [0.05, 0.1) is 34.5 Å². The Morgan fingerprint density at radius 1 is 1.19 bits per heavy atom. The van der Waals surface area contributed by atoms with Crippen LogP contribution in [-0.2, 0) is 20.1 Å². The van der Waals surface area contributed by atoms with E-state index in [1.54, 1.807) is 39.5 Å². The van der Waals surface area contributed by atoms with E-state index in [0.717, 1.165) is 22.6 Å². The van der Waals surface area contributed by atoms with Crippen LogP contribution in [-0.4, -0.2) is 30.5 Å². The number of carbonyl (C=O) groups excluding carboxylic acids is 1. The number of urea groups is 1. The highest BCUT2D eigenvalue weighted by molar-refractivity contribution is 6.42. The van der Waals surface area contributed by atoms with Crippen molar-refractivity contribution in [2.45, 2.75) is 20.0 Å². The van der Waals surface area contributed by atoms with Crippen LogP contribution in [0.1, 0.15) is 17.0 Å². The molecule has 3 heterocycles. The Kier molecular flexibility index (Phi) is 4.24. The highest BCUT2D eigenvalue weighted by Gasteiger charge is 2.29. The van der Waals surface area contributed by atoms with Crippen molar-refractivity contribution in [3.63, 3.8) is 0 Å². The topological polar surface area (TPSA) is 94.0 Å². The van der Waals surface area contributed by atoms with Crippen molar-refractivity contribution < 1.29 is 4.79 Å². The van der Waals surface area contributed by atoms with Gasteiger partial charge in [0, 0.05) is 24.4 Å². The minimum absolute atomic E-state index is 0.256. The van der Waals surface area contributed by atoms with E-state index in [1.165, 1.54) is 0 Å². The number of amides is 2. The normalized spacial score (nSPS) is 13.1. The number of aromatic nitrogens is 4. The molecular weight excluding hydrogens is 389 g/mol. The second-order valence-electron chi connectivity index (χ2n) is 6.40. The molecule has 2 amide bonds. The standard InChI is InChI=1S/C17H17Cl2N7O/c1-9-5-15(23-26(9)10-3-4-12(18)13(19)6-10)21-17(27)25-7-11-14(8-25)22-24(2)16(11)20/h3-6H,7-8,20H2,1-2H3,(H,21,23,27). The average molecular weight is 406 g/mol. The lowest BCUT2D eigenvalue weighted by Crippen LogP contribution is -2.31. The van der Waals surface area contributed by atoms with Crippen LogP contribution in [0.2, 0.25) is 10.0 Å². The number of nitrogens with one attached hydrogen (secondary N) is 1.